The summed E-state index contributed by atoms with van der Waals surface area (Å²) in [6, 6.07) is 5.68. The number of hydrogen-bond acceptors (Lipinski definition) is 4. The lowest BCUT2D eigenvalue weighted by Crippen LogP contribution is -2.45. The molecule has 6 heteroatoms. The smallest absolute Gasteiger partial charge is 0.244 e. The summed E-state index contributed by atoms with van der Waals surface area (Å²) in [6.45, 7) is 1.85. The van der Waals surface area contributed by atoms with Gasteiger partial charge < -0.3 is 10.2 Å². The first kappa shape index (κ1) is 17.3. The van der Waals surface area contributed by atoms with Crippen molar-refractivity contribution in [1.29, 1.82) is 0 Å². The third-order valence-corrected chi connectivity index (χ3v) is 6.99. The van der Waals surface area contributed by atoms with Gasteiger partial charge in [0.25, 0.3) is 0 Å². The van der Waals surface area contributed by atoms with Crippen molar-refractivity contribution in [3.05, 3.63) is 29.3 Å². The minimum atomic E-state index is -2.98. The maximum absolute atomic E-state index is 12.7. The van der Waals surface area contributed by atoms with Crippen molar-refractivity contribution in [2.75, 3.05) is 23.9 Å². The van der Waals surface area contributed by atoms with Crippen LogP contribution in [0.25, 0.3) is 0 Å². The van der Waals surface area contributed by atoms with Gasteiger partial charge in [0, 0.05) is 18.8 Å². The lowest BCUT2D eigenvalue weighted by atomic mass is 9.90. The predicted molar refractivity (Wildman–Crippen MR) is 96.0 cm³/mol. The maximum atomic E-state index is 12.7. The first-order valence-electron chi connectivity index (χ1n) is 8.72. The molecule has 2 aliphatic rings. The molecule has 1 aromatic rings. The molecule has 0 bridgehead atoms. The highest BCUT2D eigenvalue weighted by Gasteiger charge is 2.34. The second-order valence-corrected chi connectivity index (χ2v) is 9.25. The molecule has 1 saturated heterocycles. The second kappa shape index (κ2) is 6.75. The van der Waals surface area contributed by atoms with Crippen LogP contribution in [0.5, 0.6) is 0 Å². The molecule has 5 nitrogen and oxygen atoms in total. The van der Waals surface area contributed by atoms with Crippen LogP contribution in [0.1, 0.15) is 37.3 Å². The Kier molecular flexibility index (Phi) is 4.85. The van der Waals surface area contributed by atoms with E-state index in [-0.39, 0.29) is 29.5 Å². The summed E-state index contributed by atoms with van der Waals surface area (Å²) in [4.78, 5) is 14.3. The van der Waals surface area contributed by atoms with Gasteiger partial charge in [0.05, 0.1) is 11.5 Å². The van der Waals surface area contributed by atoms with Gasteiger partial charge in [-0.1, -0.05) is 12.1 Å². The highest BCUT2D eigenvalue weighted by atomic mass is 32.2. The Bertz CT molecular complexity index is 730. The second-order valence-electron chi connectivity index (χ2n) is 7.02. The molecule has 0 saturated carbocycles. The van der Waals surface area contributed by atoms with Gasteiger partial charge in [0.2, 0.25) is 5.91 Å². The number of nitrogens with one attached hydrogen (secondary N) is 1. The average molecular weight is 350 g/mol. The first-order chi connectivity index (χ1) is 11.4. The van der Waals surface area contributed by atoms with E-state index in [9.17, 15) is 13.2 Å². The van der Waals surface area contributed by atoms with Crippen molar-refractivity contribution in [2.45, 2.75) is 51.1 Å². The summed E-state index contributed by atoms with van der Waals surface area (Å²) in [5.41, 5.74) is 3.75. The number of sulfone groups is 1. The first-order valence-corrected chi connectivity index (χ1v) is 10.5. The molecular weight excluding hydrogens is 324 g/mol. The number of benzene rings is 1. The molecule has 1 aromatic carbocycles. The number of likely N-dealkylation sites (N-methyl/N-ethyl adjacent to an activating group) is 1. The molecule has 1 fully saturated rings. The molecule has 1 amide bonds. The third-order valence-electron chi connectivity index (χ3n) is 5.24. The van der Waals surface area contributed by atoms with E-state index in [2.05, 4.69) is 11.4 Å². The topological polar surface area (TPSA) is 66.5 Å². The SMILES string of the molecule is C[C@H](Nc1cccc2c1CCCC2)C(=O)N(C)[C@@H]1CCS(=O)(=O)C1. The fraction of sp³-hybridized carbons (Fsp3) is 0.611. The van der Waals surface area contributed by atoms with E-state index in [1.807, 2.05) is 19.1 Å². The molecule has 0 unspecified atom stereocenters. The van der Waals surface area contributed by atoms with Crippen LogP contribution in [0.3, 0.4) is 0 Å². The monoisotopic (exact) mass is 350 g/mol. The highest BCUT2D eigenvalue weighted by Crippen LogP contribution is 2.28. The molecule has 0 aromatic heterocycles. The maximum Gasteiger partial charge on any atom is 0.244 e. The van der Waals surface area contributed by atoms with Crippen molar-refractivity contribution in [2.24, 2.45) is 0 Å². The number of anilines is 1. The Balaban J connectivity index is 1.69. The third kappa shape index (κ3) is 3.58. The molecule has 1 N–H and O–H groups in total. The van der Waals surface area contributed by atoms with Crippen LogP contribution in [-0.2, 0) is 27.5 Å². The zero-order chi connectivity index (χ0) is 17.3. The Morgan fingerprint density at radius 1 is 1.29 bits per heavy atom. The molecular formula is C18H26N2O3S. The van der Waals surface area contributed by atoms with Gasteiger partial charge >= 0.3 is 0 Å². The summed E-state index contributed by atoms with van der Waals surface area (Å²) in [6.07, 6.45) is 5.11. The summed E-state index contributed by atoms with van der Waals surface area (Å²) in [7, 11) is -1.27. The van der Waals surface area contributed by atoms with Gasteiger partial charge in [-0.3, -0.25) is 4.79 Å². The lowest BCUT2D eigenvalue weighted by Gasteiger charge is -2.28. The largest absolute Gasteiger partial charge is 0.374 e. The molecule has 0 radical (unpaired) electrons. The van der Waals surface area contributed by atoms with Gasteiger partial charge in [-0.25, -0.2) is 8.42 Å². The molecule has 3 rings (SSSR count). The van der Waals surface area contributed by atoms with E-state index in [4.69, 9.17) is 0 Å². The number of amides is 1. The summed E-state index contributed by atoms with van der Waals surface area (Å²) in [5.74, 6) is 0.219. The van der Waals surface area contributed by atoms with E-state index >= 15 is 0 Å². The van der Waals surface area contributed by atoms with Crippen LogP contribution in [-0.4, -0.2) is 49.9 Å². The van der Waals surface area contributed by atoms with Crippen molar-refractivity contribution in [1.82, 2.24) is 4.90 Å². The van der Waals surface area contributed by atoms with Crippen LogP contribution in [0.15, 0.2) is 18.2 Å². The van der Waals surface area contributed by atoms with E-state index < -0.39 is 9.84 Å². The van der Waals surface area contributed by atoms with E-state index in [0.717, 1.165) is 18.5 Å². The van der Waals surface area contributed by atoms with E-state index in [1.165, 1.54) is 24.0 Å². The number of rotatable bonds is 4. The summed E-state index contributed by atoms with van der Waals surface area (Å²) >= 11 is 0. The van der Waals surface area contributed by atoms with Gasteiger partial charge in [0.1, 0.15) is 6.04 Å². The van der Waals surface area contributed by atoms with Crippen LogP contribution >= 0.6 is 0 Å². The Hall–Kier alpha value is -1.56. The van der Waals surface area contributed by atoms with Crippen molar-refractivity contribution < 1.29 is 13.2 Å². The highest BCUT2D eigenvalue weighted by molar-refractivity contribution is 7.91. The van der Waals surface area contributed by atoms with Crippen LogP contribution < -0.4 is 5.32 Å². The van der Waals surface area contributed by atoms with Gasteiger partial charge in [-0.2, -0.15) is 0 Å². The van der Waals surface area contributed by atoms with E-state index in [1.54, 1.807) is 11.9 Å². The van der Waals surface area contributed by atoms with Crippen molar-refractivity contribution >= 4 is 21.4 Å². The lowest BCUT2D eigenvalue weighted by molar-refractivity contribution is -0.132. The summed E-state index contributed by atoms with van der Waals surface area (Å²) in [5, 5.41) is 3.35. The minimum Gasteiger partial charge on any atom is -0.374 e. The van der Waals surface area contributed by atoms with E-state index in [0.29, 0.717) is 6.42 Å². The Morgan fingerprint density at radius 2 is 2.04 bits per heavy atom. The zero-order valence-corrected chi connectivity index (χ0v) is 15.2. The van der Waals surface area contributed by atoms with Crippen molar-refractivity contribution in [3.63, 3.8) is 0 Å². The molecule has 2 atom stereocenters. The Labute approximate surface area is 144 Å². The standard InChI is InChI=1S/C18H26N2O3S/c1-13(18(21)20(2)15-10-11-24(22,23)12-15)19-17-9-5-7-14-6-3-4-8-16(14)17/h5,7,9,13,15,19H,3-4,6,8,10-12H2,1-2H3/t13-,15+/m0/s1. The normalized spacial score (nSPS) is 23.3. The molecule has 1 aliphatic heterocycles. The average Bonchev–Trinajstić information content (AvgIpc) is 2.93. The number of hydrogen-bond donors (Lipinski definition) is 1. The van der Waals surface area contributed by atoms with Gasteiger partial charge in [-0.05, 0) is 56.2 Å². The fourth-order valence-corrected chi connectivity index (χ4v) is 5.55. The number of carbonyl (C=O) groups is 1. The van der Waals surface area contributed by atoms with Crippen LogP contribution in [0, 0.1) is 0 Å². The molecule has 1 aliphatic carbocycles. The predicted octanol–water partition coefficient (Wildman–Crippen LogP) is 2.01. The van der Waals surface area contributed by atoms with Gasteiger partial charge in [-0.15, -0.1) is 0 Å². The fourth-order valence-electron chi connectivity index (χ4n) is 3.78. The quantitative estimate of drug-likeness (QED) is 0.902. The van der Waals surface area contributed by atoms with Crippen LogP contribution in [0.4, 0.5) is 5.69 Å². The van der Waals surface area contributed by atoms with Crippen LogP contribution in [0.2, 0.25) is 0 Å². The zero-order valence-electron chi connectivity index (χ0n) is 14.4. The number of carbonyl (C=O) groups excluding carboxylic acids is 1. The molecule has 132 valence electrons. The molecule has 24 heavy (non-hydrogen) atoms. The number of aryl methyl sites for hydroxylation is 1. The van der Waals surface area contributed by atoms with Crippen molar-refractivity contribution in [3.8, 4) is 0 Å². The number of fused-ring (bicyclic) bond motifs is 1. The molecule has 0 spiro atoms. The summed E-state index contributed by atoms with van der Waals surface area (Å²) < 4.78 is 23.3. The Morgan fingerprint density at radius 3 is 2.75 bits per heavy atom. The van der Waals surface area contributed by atoms with Gasteiger partial charge in [0.15, 0.2) is 9.84 Å². The number of nitrogens with zero attached hydrogens (tertiary/aromatic N) is 1. The molecule has 1 heterocycles. The minimum absolute atomic E-state index is 0.0505.